The molecule has 1 rings (SSSR count). The van der Waals surface area contributed by atoms with Crippen LogP contribution in [0.4, 0.5) is 0 Å². The van der Waals surface area contributed by atoms with Gasteiger partial charge in [-0.15, -0.1) is 0 Å². The van der Waals surface area contributed by atoms with Gasteiger partial charge in [-0.3, -0.25) is 4.79 Å². The Morgan fingerprint density at radius 3 is 1.81 bits per heavy atom. The minimum Gasteiger partial charge on any atom is -0.377 e. The molecule has 0 N–H and O–H groups in total. The van der Waals surface area contributed by atoms with Crippen molar-refractivity contribution in [2.45, 2.75) is 155 Å². The third kappa shape index (κ3) is 14.2. The average molecular weight is 440 g/mol. The highest BCUT2D eigenvalue weighted by Crippen LogP contribution is 2.24. The molecule has 1 aliphatic heterocycles. The lowest BCUT2D eigenvalue weighted by atomic mass is 10.0. The number of likely N-dealkylation sites (tertiary alicyclic amines) is 1. The monoisotopic (exact) mass is 439 g/mol. The Kier molecular flexibility index (Phi) is 16.4. The van der Waals surface area contributed by atoms with Crippen LogP contribution < -0.4 is 0 Å². The quantitative estimate of drug-likeness (QED) is 0.198. The molecule has 4 heteroatoms. The smallest absolute Gasteiger partial charge is 0.222 e. The summed E-state index contributed by atoms with van der Waals surface area (Å²) >= 11 is 0. The molecule has 4 nitrogen and oxygen atoms in total. The lowest BCUT2D eigenvalue weighted by Crippen LogP contribution is -2.39. The lowest BCUT2D eigenvalue weighted by molar-refractivity contribution is -0.134. The first-order valence-corrected chi connectivity index (χ1v) is 13.5. The average Bonchev–Trinajstić information content (AvgIpc) is 3.11. The zero-order chi connectivity index (χ0) is 22.9. The van der Waals surface area contributed by atoms with E-state index in [9.17, 15) is 4.79 Å². The molecule has 0 aromatic carbocycles. The van der Waals surface area contributed by atoms with Gasteiger partial charge in [-0.2, -0.15) is 0 Å². The number of ether oxygens (including phenoxy) is 2. The Hall–Kier alpha value is -0.610. The molecule has 0 saturated carbocycles. The van der Waals surface area contributed by atoms with E-state index in [-0.39, 0.29) is 30.3 Å². The Labute approximate surface area is 193 Å². The molecule has 1 heterocycles. The van der Waals surface area contributed by atoms with Crippen LogP contribution in [-0.2, 0) is 14.3 Å². The van der Waals surface area contributed by atoms with Gasteiger partial charge in [-0.1, -0.05) is 84.0 Å². The maximum atomic E-state index is 12.8. The Morgan fingerprint density at radius 2 is 1.32 bits per heavy atom. The number of amides is 1. The molecule has 0 spiro atoms. The highest BCUT2D eigenvalue weighted by atomic mass is 16.5. The summed E-state index contributed by atoms with van der Waals surface area (Å²) in [6.45, 7) is 11.9. The van der Waals surface area contributed by atoms with Crippen LogP contribution in [0.1, 0.15) is 131 Å². The van der Waals surface area contributed by atoms with E-state index in [1.807, 2.05) is 4.90 Å². The van der Waals surface area contributed by atoms with E-state index < -0.39 is 0 Å². The van der Waals surface area contributed by atoms with Crippen LogP contribution >= 0.6 is 0 Å². The molecule has 31 heavy (non-hydrogen) atoms. The van der Waals surface area contributed by atoms with E-state index in [1.165, 1.54) is 77.0 Å². The van der Waals surface area contributed by atoms with Crippen LogP contribution in [0, 0.1) is 0 Å². The van der Waals surface area contributed by atoms with Crippen LogP contribution in [0.2, 0.25) is 0 Å². The number of hydrogen-bond acceptors (Lipinski definition) is 3. The fraction of sp³-hybridized carbons (Fsp3) is 0.963. The van der Waals surface area contributed by atoms with E-state index >= 15 is 0 Å². The van der Waals surface area contributed by atoms with E-state index in [2.05, 4.69) is 34.6 Å². The van der Waals surface area contributed by atoms with Crippen molar-refractivity contribution in [3.63, 3.8) is 0 Å². The van der Waals surface area contributed by atoms with E-state index in [0.29, 0.717) is 13.0 Å². The normalized spacial score (nSPS) is 19.1. The van der Waals surface area contributed by atoms with Crippen LogP contribution in [0.5, 0.6) is 0 Å². The first-order valence-electron chi connectivity index (χ1n) is 13.5. The molecule has 0 bridgehead atoms. The number of unbranched alkanes of at least 4 members (excludes halogenated alkanes) is 12. The summed E-state index contributed by atoms with van der Waals surface area (Å²) in [5.74, 6) is 0.287. The summed E-state index contributed by atoms with van der Waals surface area (Å²) < 4.78 is 11.8. The van der Waals surface area contributed by atoms with Gasteiger partial charge in [0, 0.05) is 13.0 Å². The van der Waals surface area contributed by atoms with Gasteiger partial charge in [0.25, 0.3) is 0 Å². The van der Waals surface area contributed by atoms with E-state index in [4.69, 9.17) is 9.47 Å². The van der Waals surface area contributed by atoms with Crippen LogP contribution in [0.3, 0.4) is 0 Å². The molecule has 0 aliphatic carbocycles. The summed E-state index contributed by atoms with van der Waals surface area (Å²) in [4.78, 5) is 14.9. The molecule has 1 saturated heterocycles. The second-order valence-electron chi connectivity index (χ2n) is 10.1. The second kappa shape index (κ2) is 17.9. The van der Waals surface area contributed by atoms with E-state index in [0.717, 1.165) is 19.4 Å². The first kappa shape index (κ1) is 28.4. The number of hydrogen-bond donors (Lipinski definition) is 0. The molecule has 0 aromatic rings. The zero-order valence-corrected chi connectivity index (χ0v) is 21.5. The largest absolute Gasteiger partial charge is 0.377 e. The summed E-state index contributed by atoms with van der Waals surface area (Å²) in [5.41, 5.74) is 0. The van der Waals surface area contributed by atoms with Gasteiger partial charge in [-0.25, -0.2) is 0 Å². The summed E-state index contributed by atoms with van der Waals surface area (Å²) in [6.07, 6.45) is 19.5. The van der Waals surface area contributed by atoms with Crippen molar-refractivity contribution in [1.82, 2.24) is 4.90 Å². The third-order valence-electron chi connectivity index (χ3n) is 6.28. The zero-order valence-electron chi connectivity index (χ0n) is 21.5. The maximum Gasteiger partial charge on any atom is 0.222 e. The minimum absolute atomic E-state index is 0.149. The molecular weight excluding hydrogens is 386 g/mol. The lowest BCUT2D eigenvalue weighted by Gasteiger charge is -2.25. The summed E-state index contributed by atoms with van der Waals surface area (Å²) in [7, 11) is 0. The summed E-state index contributed by atoms with van der Waals surface area (Å²) in [5, 5.41) is 0. The van der Waals surface area contributed by atoms with Crippen molar-refractivity contribution in [3.05, 3.63) is 0 Å². The first-order chi connectivity index (χ1) is 14.9. The molecule has 2 atom stereocenters. The van der Waals surface area contributed by atoms with Crippen LogP contribution in [0.15, 0.2) is 0 Å². The highest BCUT2D eigenvalue weighted by molar-refractivity contribution is 5.76. The van der Waals surface area contributed by atoms with Gasteiger partial charge in [0.05, 0.1) is 31.0 Å². The van der Waals surface area contributed by atoms with Gasteiger partial charge >= 0.3 is 0 Å². The van der Waals surface area contributed by atoms with Crippen LogP contribution in [-0.4, -0.2) is 48.3 Å². The number of carbonyl (C=O) groups is 1. The standard InChI is InChI=1S/C27H53NO3/c1-6-7-8-9-10-11-12-13-14-15-16-17-18-19-27(29)28-21-26(31-24(4)5)20-25(28)22-30-23(2)3/h23-26H,6-22H2,1-5H3/t25-,26+/m0/s1. The van der Waals surface area contributed by atoms with Gasteiger partial charge in [0.15, 0.2) is 0 Å². The van der Waals surface area contributed by atoms with Crippen molar-refractivity contribution in [2.75, 3.05) is 13.2 Å². The number of rotatable bonds is 19. The molecule has 1 fully saturated rings. The second-order valence-corrected chi connectivity index (χ2v) is 10.1. The molecule has 1 amide bonds. The Morgan fingerprint density at radius 1 is 0.806 bits per heavy atom. The minimum atomic E-state index is 0.149. The highest BCUT2D eigenvalue weighted by Gasteiger charge is 2.36. The molecule has 1 aliphatic rings. The van der Waals surface area contributed by atoms with Crippen molar-refractivity contribution in [3.8, 4) is 0 Å². The van der Waals surface area contributed by atoms with Gasteiger partial charge < -0.3 is 14.4 Å². The fourth-order valence-electron chi connectivity index (χ4n) is 4.56. The molecular formula is C27H53NO3. The number of nitrogens with zero attached hydrogens (tertiary/aromatic N) is 1. The van der Waals surface area contributed by atoms with Crippen molar-refractivity contribution < 1.29 is 14.3 Å². The predicted octanol–water partition coefficient (Wildman–Crippen LogP) is 7.29. The van der Waals surface area contributed by atoms with E-state index in [1.54, 1.807) is 0 Å². The van der Waals surface area contributed by atoms with Crippen LogP contribution in [0.25, 0.3) is 0 Å². The van der Waals surface area contributed by atoms with Gasteiger partial charge in [0.2, 0.25) is 5.91 Å². The Balaban J connectivity index is 2.12. The summed E-state index contributed by atoms with van der Waals surface area (Å²) in [6, 6.07) is 0.167. The number of carbonyl (C=O) groups excluding carboxylic acids is 1. The van der Waals surface area contributed by atoms with Gasteiger partial charge in [-0.05, 0) is 40.5 Å². The molecule has 0 unspecified atom stereocenters. The van der Waals surface area contributed by atoms with Crippen molar-refractivity contribution >= 4 is 5.91 Å². The van der Waals surface area contributed by atoms with Gasteiger partial charge in [0.1, 0.15) is 0 Å². The maximum absolute atomic E-state index is 12.8. The molecule has 184 valence electrons. The van der Waals surface area contributed by atoms with Crippen molar-refractivity contribution in [1.29, 1.82) is 0 Å². The SMILES string of the molecule is CCCCCCCCCCCCCCCC(=O)N1C[C@H](OC(C)C)C[C@H]1COC(C)C. The Bertz CT molecular complexity index is 438. The van der Waals surface area contributed by atoms with Crippen molar-refractivity contribution in [2.24, 2.45) is 0 Å². The molecule has 0 radical (unpaired) electrons. The fourth-order valence-corrected chi connectivity index (χ4v) is 4.56. The molecule has 0 aromatic heterocycles. The third-order valence-corrected chi connectivity index (χ3v) is 6.28. The topological polar surface area (TPSA) is 38.8 Å². The predicted molar refractivity (Wildman–Crippen MR) is 132 cm³/mol.